The van der Waals surface area contributed by atoms with Crippen molar-refractivity contribution in [3.63, 3.8) is 0 Å². The highest BCUT2D eigenvalue weighted by Crippen LogP contribution is 2.33. The predicted octanol–water partition coefficient (Wildman–Crippen LogP) is 5.84. The summed E-state index contributed by atoms with van der Waals surface area (Å²) in [4.78, 5) is 12.8. The summed E-state index contributed by atoms with van der Waals surface area (Å²) < 4.78 is 11.0. The SMILES string of the molecule is CCSC(C(=O)c1ccc(Oc2ccc(OC)cc2)cc1)C(C)(C)C. The second-order valence-corrected chi connectivity index (χ2v) is 8.25. The number of ether oxygens (including phenoxy) is 2. The monoisotopic (exact) mass is 358 g/mol. The van der Waals surface area contributed by atoms with Gasteiger partial charge in [-0.1, -0.05) is 27.7 Å². The molecular weight excluding hydrogens is 332 g/mol. The van der Waals surface area contributed by atoms with E-state index in [2.05, 4.69) is 27.7 Å². The standard InChI is InChI=1S/C21H26O3S/c1-6-25-20(21(2,3)4)19(22)15-7-9-17(10-8-15)24-18-13-11-16(23-5)12-14-18/h7-14,20H,6H2,1-5H3. The molecule has 0 fully saturated rings. The molecule has 0 amide bonds. The number of carbonyl (C=O) groups is 1. The Morgan fingerprint density at radius 1 is 0.960 bits per heavy atom. The molecule has 0 saturated heterocycles. The average Bonchev–Trinajstić information content (AvgIpc) is 2.59. The summed E-state index contributed by atoms with van der Waals surface area (Å²) in [5.41, 5.74) is 0.652. The van der Waals surface area contributed by atoms with Gasteiger partial charge < -0.3 is 9.47 Å². The minimum atomic E-state index is -0.0734. The molecule has 1 atom stereocenters. The van der Waals surface area contributed by atoms with Gasteiger partial charge in [-0.25, -0.2) is 0 Å². The number of methoxy groups -OCH3 is 1. The molecule has 0 heterocycles. The van der Waals surface area contributed by atoms with Gasteiger partial charge in [0.05, 0.1) is 12.4 Å². The van der Waals surface area contributed by atoms with Crippen LogP contribution >= 0.6 is 11.8 Å². The summed E-state index contributed by atoms with van der Waals surface area (Å²) in [6.07, 6.45) is 0. The third-order valence-electron chi connectivity index (χ3n) is 3.79. The van der Waals surface area contributed by atoms with Gasteiger partial charge in [-0.05, 0) is 59.7 Å². The summed E-state index contributed by atoms with van der Waals surface area (Å²) in [7, 11) is 1.63. The number of rotatable bonds is 7. The number of benzene rings is 2. The Hall–Kier alpha value is -1.94. The van der Waals surface area contributed by atoms with Gasteiger partial charge >= 0.3 is 0 Å². The Morgan fingerprint density at radius 2 is 1.44 bits per heavy atom. The Morgan fingerprint density at radius 3 is 1.88 bits per heavy atom. The van der Waals surface area contributed by atoms with Crippen LogP contribution in [0.2, 0.25) is 0 Å². The van der Waals surface area contributed by atoms with E-state index in [0.717, 1.165) is 22.8 Å². The molecule has 0 radical (unpaired) electrons. The van der Waals surface area contributed by atoms with Gasteiger partial charge in [0, 0.05) is 5.56 Å². The van der Waals surface area contributed by atoms with Crippen molar-refractivity contribution in [1.29, 1.82) is 0 Å². The Balaban J connectivity index is 2.11. The van der Waals surface area contributed by atoms with E-state index in [9.17, 15) is 4.79 Å². The normalized spacial score (nSPS) is 12.5. The molecule has 1 unspecified atom stereocenters. The maximum Gasteiger partial charge on any atom is 0.176 e. The molecule has 0 aliphatic heterocycles. The third kappa shape index (κ3) is 5.27. The molecule has 4 heteroatoms. The fraction of sp³-hybridized carbons (Fsp3) is 0.381. The number of carbonyl (C=O) groups excluding carboxylic acids is 1. The zero-order valence-electron chi connectivity index (χ0n) is 15.5. The first kappa shape index (κ1) is 19.4. The Labute approximate surface area is 154 Å². The fourth-order valence-electron chi connectivity index (χ4n) is 2.50. The van der Waals surface area contributed by atoms with Gasteiger partial charge in [-0.15, -0.1) is 11.8 Å². The Kier molecular flexibility index (Phi) is 6.54. The van der Waals surface area contributed by atoms with Crippen LogP contribution < -0.4 is 9.47 Å². The molecule has 2 rings (SSSR count). The van der Waals surface area contributed by atoms with Gasteiger partial charge in [0.2, 0.25) is 0 Å². The highest BCUT2D eigenvalue weighted by Gasteiger charge is 2.31. The van der Waals surface area contributed by atoms with Crippen molar-refractivity contribution in [3.8, 4) is 17.2 Å². The molecule has 134 valence electrons. The van der Waals surface area contributed by atoms with E-state index in [1.54, 1.807) is 18.9 Å². The molecule has 0 aliphatic rings. The minimum absolute atomic E-state index is 0.0501. The van der Waals surface area contributed by atoms with Crippen LogP contribution in [-0.4, -0.2) is 23.9 Å². The second-order valence-electron chi connectivity index (χ2n) is 6.87. The summed E-state index contributed by atoms with van der Waals surface area (Å²) in [6, 6.07) is 14.8. The van der Waals surface area contributed by atoms with E-state index in [0.29, 0.717) is 5.75 Å². The number of hydrogen-bond acceptors (Lipinski definition) is 4. The number of thioether (sulfide) groups is 1. The number of hydrogen-bond donors (Lipinski definition) is 0. The first-order chi connectivity index (χ1) is 11.8. The van der Waals surface area contributed by atoms with Crippen LogP contribution in [0.3, 0.4) is 0 Å². The van der Waals surface area contributed by atoms with Gasteiger partial charge in [-0.3, -0.25) is 4.79 Å². The van der Waals surface area contributed by atoms with E-state index in [1.807, 2.05) is 48.5 Å². The van der Waals surface area contributed by atoms with Gasteiger partial charge in [-0.2, -0.15) is 0 Å². The molecule has 2 aromatic rings. The fourth-order valence-corrected chi connectivity index (χ4v) is 3.62. The van der Waals surface area contributed by atoms with Crippen molar-refractivity contribution >= 4 is 17.5 Å². The van der Waals surface area contributed by atoms with Crippen LogP contribution in [0.15, 0.2) is 48.5 Å². The van der Waals surface area contributed by atoms with E-state index in [1.165, 1.54) is 0 Å². The van der Waals surface area contributed by atoms with E-state index in [-0.39, 0.29) is 16.4 Å². The lowest BCUT2D eigenvalue weighted by molar-refractivity contribution is 0.0950. The maximum atomic E-state index is 12.8. The van der Waals surface area contributed by atoms with Crippen molar-refractivity contribution in [2.45, 2.75) is 32.9 Å². The maximum absolute atomic E-state index is 12.8. The van der Waals surface area contributed by atoms with Crippen LogP contribution in [0.5, 0.6) is 17.2 Å². The Bertz CT molecular complexity index is 685. The van der Waals surface area contributed by atoms with Gasteiger partial charge in [0.1, 0.15) is 17.2 Å². The molecule has 0 bridgehead atoms. The van der Waals surface area contributed by atoms with Crippen LogP contribution in [0, 0.1) is 5.41 Å². The van der Waals surface area contributed by atoms with Gasteiger partial charge in [0.25, 0.3) is 0 Å². The first-order valence-corrected chi connectivity index (χ1v) is 9.48. The second kappa shape index (κ2) is 8.43. The van der Waals surface area contributed by atoms with E-state index in [4.69, 9.17) is 9.47 Å². The average molecular weight is 359 g/mol. The minimum Gasteiger partial charge on any atom is -0.497 e. The molecular formula is C21H26O3S. The highest BCUT2D eigenvalue weighted by atomic mass is 32.2. The number of Topliss-reactive ketones (excluding diaryl/α,β-unsaturated/α-hetero) is 1. The molecule has 0 aromatic heterocycles. The van der Waals surface area contributed by atoms with Crippen LogP contribution in [-0.2, 0) is 0 Å². The smallest absolute Gasteiger partial charge is 0.176 e. The molecule has 0 saturated carbocycles. The topological polar surface area (TPSA) is 35.5 Å². The lowest BCUT2D eigenvalue weighted by atomic mass is 9.87. The van der Waals surface area contributed by atoms with Crippen molar-refractivity contribution < 1.29 is 14.3 Å². The summed E-state index contributed by atoms with van der Waals surface area (Å²) in [6.45, 7) is 8.42. The van der Waals surface area contributed by atoms with Crippen LogP contribution in [0.25, 0.3) is 0 Å². The van der Waals surface area contributed by atoms with Crippen molar-refractivity contribution in [3.05, 3.63) is 54.1 Å². The largest absolute Gasteiger partial charge is 0.497 e. The third-order valence-corrected chi connectivity index (χ3v) is 5.38. The molecule has 0 aliphatic carbocycles. The zero-order valence-corrected chi connectivity index (χ0v) is 16.4. The molecule has 3 nitrogen and oxygen atoms in total. The quantitative estimate of drug-likeness (QED) is 0.583. The number of ketones is 1. The highest BCUT2D eigenvalue weighted by molar-refractivity contribution is 8.00. The zero-order chi connectivity index (χ0) is 18.4. The van der Waals surface area contributed by atoms with E-state index >= 15 is 0 Å². The van der Waals surface area contributed by atoms with E-state index < -0.39 is 0 Å². The summed E-state index contributed by atoms with van der Waals surface area (Å²) in [5.74, 6) is 3.32. The van der Waals surface area contributed by atoms with Crippen LogP contribution in [0.1, 0.15) is 38.1 Å². The van der Waals surface area contributed by atoms with Crippen LogP contribution in [0.4, 0.5) is 0 Å². The lowest BCUT2D eigenvalue weighted by Gasteiger charge is -2.28. The molecule has 25 heavy (non-hydrogen) atoms. The summed E-state index contributed by atoms with van der Waals surface area (Å²) >= 11 is 1.70. The molecule has 2 aromatic carbocycles. The van der Waals surface area contributed by atoms with Crippen molar-refractivity contribution in [2.75, 3.05) is 12.9 Å². The predicted molar refractivity (Wildman–Crippen MR) is 105 cm³/mol. The van der Waals surface area contributed by atoms with Crippen molar-refractivity contribution in [2.24, 2.45) is 5.41 Å². The first-order valence-electron chi connectivity index (χ1n) is 8.43. The molecule has 0 spiro atoms. The lowest BCUT2D eigenvalue weighted by Crippen LogP contribution is -2.31. The summed E-state index contributed by atoms with van der Waals surface area (Å²) in [5, 5.41) is -0.0501. The van der Waals surface area contributed by atoms with Crippen molar-refractivity contribution in [1.82, 2.24) is 0 Å². The molecule has 0 N–H and O–H groups in total. The van der Waals surface area contributed by atoms with Gasteiger partial charge in [0.15, 0.2) is 5.78 Å².